The zero-order chi connectivity index (χ0) is 11.3. The fraction of sp³-hybridized carbons (Fsp3) is 0.250. The van der Waals surface area contributed by atoms with E-state index in [1.165, 1.54) is 6.07 Å². The monoisotopic (exact) mass is 207 g/mol. The predicted molar refractivity (Wildman–Crippen MR) is 59.2 cm³/mol. The molecule has 0 radical (unpaired) electrons. The molecule has 0 saturated carbocycles. The van der Waals surface area contributed by atoms with E-state index in [2.05, 4.69) is 11.9 Å². The van der Waals surface area contributed by atoms with Gasteiger partial charge in [0.25, 0.3) is 0 Å². The van der Waals surface area contributed by atoms with Crippen molar-refractivity contribution in [2.24, 2.45) is 0 Å². The van der Waals surface area contributed by atoms with Crippen molar-refractivity contribution in [3.63, 3.8) is 0 Å². The number of carbonyl (C=O) groups excluding carboxylic acids is 1. The number of nitrogens with one attached hydrogen (secondary N) is 1. The second-order valence-electron chi connectivity index (χ2n) is 3.36. The number of allylic oxidation sites excluding steroid dienone is 1. The summed E-state index contributed by atoms with van der Waals surface area (Å²) in [6.45, 7) is 5.31. The van der Waals surface area contributed by atoms with Crippen molar-refractivity contribution in [3.8, 4) is 0 Å². The van der Waals surface area contributed by atoms with Gasteiger partial charge < -0.3 is 5.32 Å². The van der Waals surface area contributed by atoms with E-state index in [1.807, 2.05) is 0 Å². The minimum atomic E-state index is -0.401. The first kappa shape index (κ1) is 11.4. The van der Waals surface area contributed by atoms with Crippen molar-refractivity contribution >= 4 is 11.6 Å². The Bertz CT molecular complexity index is 374. The largest absolute Gasteiger partial charge is 0.324 e. The smallest absolute Gasteiger partial charge is 0.224 e. The minimum absolute atomic E-state index is 0.197. The van der Waals surface area contributed by atoms with Crippen LogP contribution in [0.25, 0.3) is 0 Å². The van der Waals surface area contributed by atoms with Gasteiger partial charge in [-0.2, -0.15) is 0 Å². The van der Waals surface area contributed by atoms with E-state index in [0.29, 0.717) is 12.8 Å². The van der Waals surface area contributed by atoms with Crippen LogP contribution in [-0.2, 0) is 4.79 Å². The summed E-state index contributed by atoms with van der Waals surface area (Å²) >= 11 is 0. The Morgan fingerprint density at radius 2 is 2.33 bits per heavy atom. The molecule has 1 aromatic carbocycles. The number of carbonyl (C=O) groups is 1. The van der Waals surface area contributed by atoms with Crippen LogP contribution in [0, 0.1) is 12.7 Å². The van der Waals surface area contributed by atoms with Crippen molar-refractivity contribution in [2.45, 2.75) is 19.8 Å². The summed E-state index contributed by atoms with van der Waals surface area (Å²) in [6, 6.07) is 4.71. The SMILES string of the molecule is C=CCCC(=O)Nc1ccc(C)cc1F. The van der Waals surface area contributed by atoms with Crippen LogP contribution < -0.4 is 5.32 Å². The lowest BCUT2D eigenvalue weighted by molar-refractivity contribution is -0.116. The van der Waals surface area contributed by atoms with E-state index >= 15 is 0 Å². The topological polar surface area (TPSA) is 29.1 Å². The van der Waals surface area contributed by atoms with Crippen LogP contribution in [0.2, 0.25) is 0 Å². The van der Waals surface area contributed by atoms with Gasteiger partial charge in [0, 0.05) is 6.42 Å². The molecule has 80 valence electrons. The third-order valence-corrected chi connectivity index (χ3v) is 1.97. The number of rotatable bonds is 4. The highest BCUT2D eigenvalue weighted by Crippen LogP contribution is 2.15. The molecule has 15 heavy (non-hydrogen) atoms. The minimum Gasteiger partial charge on any atom is -0.324 e. The van der Waals surface area contributed by atoms with Gasteiger partial charge in [0.2, 0.25) is 5.91 Å². The predicted octanol–water partition coefficient (Wildman–Crippen LogP) is 3.04. The van der Waals surface area contributed by atoms with Crippen LogP contribution in [-0.4, -0.2) is 5.91 Å². The van der Waals surface area contributed by atoms with Gasteiger partial charge in [0.05, 0.1) is 5.69 Å². The number of hydrogen-bond acceptors (Lipinski definition) is 1. The van der Waals surface area contributed by atoms with Crippen LogP contribution in [0.3, 0.4) is 0 Å². The van der Waals surface area contributed by atoms with Crippen LogP contribution in [0.5, 0.6) is 0 Å². The maximum Gasteiger partial charge on any atom is 0.224 e. The van der Waals surface area contributed by atoms with Gasteiger partial charge in [-0.1, -0.05) is 12.1 Å². The summed E-state index contributed by atoms with van der Waals surface area (Å²) in [5.41, 5.74) is 1.06. The number of hydrogen-bond donors (Lipinski definition) is 1. The van der Waals surface area contributed by atoms with Crippen LogP contribution >= 0.6 is 0 Å². The Hall–Kier alpha value is -1.64. The number of halogens is 1. The second-order valence-corrected chi connectivity index (χ2v) is 3.36. The van der Waals surface area contributed by atoms with Crippen LogP contribution in [0.4, 0.5) is 10.1 Å². The lowest BCUT2D eigenvalue weighted by Gasteiger charge is -2.05. The molecule has 1 amide bonds. The second kappa shape index (κ2) is 5.29. The highest BCUT2D eigenvalue weighted by molar-refractivity contribution is 5.90. The van der Waals surface area contributed by atoms with Crippen molar-refractivity contribution in [2.75, 3.05) is 5.32 Å². The summed E-state index contributed by atoms with van der Waals surface area (Å²) in [6.07, 6.45) is 2.58. The number of benzene rings is 1. The van der Waals surface area contributed by atoms with Gasteiger partial charge in [-0.3, -0.25) is 4.79 Å². The first-order valence-corrected chi connectivity index (χ1v) is 4.80. The zero-order valence-electron chi connectivity index (χ0n) is 8.72. The lowest BCUT2D eigenvalue weighted by Crippen LogP contribution is -2.11. The molecule has 0 atom stereocenters. The standard InChI is InChI=1S/C12H14FNO/c1-3-4-5-12(15)14-11-7-6-9(2)8-10(11)13/h3,6-8H,1,4-5H2,2H3,(H,14,15). The fourth-order valence-corrected chi connectivity index (χ4v) is 1.17. The van der Waals surface area contributed by atoms with Crippen molar-refractivity contribution < 1.29 is 9.18 Å². The molecule has 0 fully saturated rings. The van der Waals surface area contributed by atoms with Gasteiger partial charge in [-0.05, 0) is 31.0 Å². The first-order chi connectivity index (χ1) is 7.13. The Balaban J connectivity index is 2.64. The van der Waals surface area contributed by atoms with E-state index in [-0.39, 0.29) is 11.6 Å². The molecule has 0 aliphatic rings. The molecule has 0 aliphatic carbocycles. The molecule has 0 heterocycles. The Labute approximate surface area is 88.8 Å². The Morgan fingerprint density at radius 1 is 1.60 bits per heavy atom. The zero-order valence-corrected chi connectivity index (χ0v) is 8.72. The van der Waals surface area contributed by atoms with Gasteiger partial charge in [0.1, 0.15) is 5.82 Å². The third kappa shape index (κ3) is 3.54. The summed E-state index contributed by atoms with van der Waals surface area (Å²) in [7, 11) is 0. The van der Waals surface area contributed by atoms with E-state index in [4.69, 9.17) is 0 Å². The van der Waals surface area contributed by atoms with Crippen LogP contribution in [0.1, 0.15) is 18.4 Å². The molecule has 1 rings (SSSR count). The van der Waals surface area contributed by atoms with Gasteiger partial charge >= 0.3 is 0 Å². The van der Waals surface area contributed by atoms with Crippen LogP contribution in [0.15, 0.2) is 30.9 Å². The fourth-order valence-electron chi connectivity index (χ4n) is 1.17. The molecule has 3 heteroatoms. The van der Waals surface area contributed by atoms with Crippen molar-refractivity contribution in [1.29, 1.82) is 0 Å². The third-order valence-electron chi connectivity index (χ3n) is 1.97. The number of amides is 1. The summed E-state index contributed by atoms with van der Waals surface area (Å²) in [5.74, 6) is -0.598. The average molecular weight is 207 g/mol. The van der Waals surface area contributed by atoms with E-state index in [9.17, 15) is 9.18 Å². The molecule has 0 unspecified atom stereocenters. The lowest BCUT2D eigenvalue weighted by atomic mass is 10.2. The van der Waals surface area contributed by atoms with Gasteiger partial charge in [-0.25, -0.2) is 4.39 Å². The number of anilines is 1. The summed E-state index contributed by atoms with van der Waals surface area (Å²) in [5, 5.41) is 2.51. The summed E-state index contributed by atoms with van der Waals surface area (Å²) in [4.78, 5) is 11.3. The van der Waals surface area contributed by atoms with Gasteiger partial charge in [0.15, 0.2) is 0 Å². The van der Waals surface area contributed by atoms with Gasteiger partial charge in [-0.15, -0.1) is 6.58 Å². The first-order valence-electron chi connectivity index (χ1n) is 4.80. The van der Waals surface area contributed by atoms with E-state index in [0.717, 1.165) is 5.56 Å². The average Bonchev–Trinajstić information content (AvgIpc) is 2.19. The van der Waals surface area contributed by atoms with Crippen molar-refractivity contribution in [1.82, 2.24) is 0 Å². The highest BCUT2D eigenvalue weighted by atomic mass is 19.1. The highest BCUT2D eigenvalue weighted by Gasteiger charge is 2.05. The molecule has 2 nitrogen and oxygen atoms in total. The van der Waals surface area contributed by atoms with E-state index < -0.39 is 5.82 Å². The molecule has 0 spiro atoms. The maximum absolute atomic E-state index is 13.3. The maximum atomic E-state index is 13.3. The molecule has 0 bridgehead atoms. The van der Waals surface area contributed by atoms with Crippen molar-refractivity contribution in [3.05, 3.63) is 42.2 Å². The normalized spacial score (nSPS) is 9.73. The molecule has 1 N–H and O–H groups in total. The molecular weight excluding hydrogens is 193 g/mol. The summed E-state index contributed by atoms with van der Waals surface area (Å²) < 4.78 is 13.3. The molecule has 0 saturated heterocycles. The molecule has 1 aromatic rings. The Morgan fingerprint density at radius 3 is 2.93 bits per heavy atom. The molecule has 0 aliphatic heterocycles. The van der Waals surface area contributed by atoms with E-state index in [1.54, 1.807) is 25.1 Å². The quantitative estimate of drug-likeness (QED) is 0.755. The molecular formula is C12H14FNO. The number of aryl methyl sites for hydroxylation is 1. The molecule has 0 aromatic heterocycles. The Kier molecular flexibility index (Phi) is 4.03.